The third-order valence-corrected chi connectivity index (χ3v) is 8.67. The Morgan fingerprint density at radius 2 is 0.857 bits per heavy atom. The van der Waals surface area contributed by atoms with E-state index in [0.29, 0.717) is 5.56 Å². The first-order chi connectivity index (χ1) is 20.2. The Bertz CT molecular complexity index is 1480. The predicted molar refractivity (Wildman–Crippen MR) is 174 cm³/mol. The van der Waals surface area contributed by atoms with Gasteiger partial charge in [0, 0.05) is 0 Å². The summed E-state index contributed by atoms with van der Waals surface area (Å²) in [4.78, 5) is 0. The van der Waals surface area contributed by atoms with E-state index in [2.05, 4.69) is 84.9 Å². The van der Waals surface area contributed by atoms with E-state index in [-0.39, 0.29) is 12.4 Å². The van der Waals surface area contributed by atoms with E-state index in [1.54, 1.807) is 6.92 Å². The topological polar surface area (TPSA) is 9.23 Å². The van der Waals surface area contributed by atoms with Crippen LogP contribution in [0, 0.1) is 25.5 Å². The van der Waals surface area contributed by atoms with Gasteiger partial charge < -0.3 is 4.74 Å². The van der Waals surface area contributed by atoms with E-state index in [1.807, 2.05) is 0 Å². The minimum Gasteiger partial charge on any atom is -0.483 e. The monoisotopic (exact) mass is 568 g/mol. The summed E-state index contributed by atoms with van der Waals surface area (Å²) >= 11 is 0. The van der Waals surface area contributed by atoms with Gasteiger partial charge >= 0.3 is 0 Å². The molecule has 222 valence electrons. The van der Waals surface area contributed by atoms with Gasteiger partial charge in [0.05, 0.1) is 0 Å². The van der Waals surface area contributed by atoms with Crippen molar-refractivity contribution in [1.29, 1.82) is 0 Å². The SMILES string of the molecule is CCc1cc(-c2c(CC)cc(-c3c(CC)cc(COc4c(F)cc(C)cc4F)cc3CC)cc2CC)cc(CC)c1C. The molecule has 0 unspecified atom stereocenters. The maximum Gasteiger partial charge on any atom is 0.191 e. The molecule has 0 fully saturated rings. The fraction of sp³-hybridized carbons (Fsp3) is 0.385. The lowest BCUT2D eigenvalue weighted by atomic mass is 9.83. The van der Waals surface area contributed by atoms with E-state index >= 15 is 0 Å². The summed E-state index contributed by atoms with van der Waals surface area (Å²) in [7, 11) is 0. The van der Waals surface area contributed by atoms with Gasteiger partial charge in [0.1, 0.15) is 6.61 Å². The van der Waals surface area contributed by atoms with Crippen molar-refractivity contribution in [3.63, 3.8) is 0 Å². The lowest BCUT2D eigenvalue weighted by molar-refractivity contribution is 0.274. The summed E-state index contributed by atoms with van der Waals surface area (Å²) in [6, 6.07) is 16.5. The van der Waals surface area contributed by atoms with Gasteiger partial charge in [-0.3, -0.25) is 0 Å². The number of ether oxygens (including phenoxy) is 1. The van der Waals surface area contributed by atoms with E-state index < -0.39 is 11.6 Å². The maximum absolute atomic E-state index is 14.4. The van der Waals surface area contributed by atoms with Crippen LogP contribution in [0.1, 0.15) is 91.6 Å². The molecule has 3 heteroatoms. The molecule has 4 rings (SSSR count). The molecule has 0 atom stereocenters. The van der Waals surface area contributed by atoms with Crippen LogP contribution in [0.4, 0.5) is 8.78 Å². The van der Waals surface area contributed by atoms with Crippen molar-refractivity contribution in [1.82, 2.24) is 0 Å². The molecule has 0 bridgehead atoms. The lowest BCUT2D eigenvalue weighted by Crippen LogP contribution is -2.05. The van der Waals surface area contributed by atoms with Crippen molar-refractivity contribution in [3.8, 4) is 28.0 Å². The molecular formula is C39H46F2O. The number of hydrogen-bond donors (Lipinski definition) is 0. The van der Waals surface area contributed by atoms with Gasteiger partial charge in [-0.05, 0) is 137 Å². The van der Waals surface area contributed by atoms with Crippen molar-refractivity contribution >= 4 is 0 Å². The fourth-order valence-corrected chi connectivity index (χ4v) is 6.39. The second kappa shape index (κ2) is 13.7. The molecule has 42 heavy (non-hydrogen) atoms. The lowest BCUT2D eigenvalue weighted by Gasteiger charge is -2.22. The van der Waals surface area contributed by atoms with Crippen molar-refractivity contribution in [2.45, 2.75) is 101 Å². The van der Waals surface area contributed by atoms with Gasteiger partial charge in [0.15, 0.2) is 17.4 Å². The van der Waals surface area contributed by atoms with Crippen LogP contribution in [0.5, 0.6) is 5.75 Å². The molecule has 0 aromatic heterocycles. The van der Waals surface area contributed by atoms with Crippen LogP contribution in [0.3, 0.4) is 0 Å². The highest BCUT2D eigenvalue weighted by Gasteiger charge is 2.19. The van der Waals surface area contributed by atoms with Crippen LogP contribution in [0.25, 0.3) is 22.3 Å². The van der Waals surface area contributed by atoms with Crippen LogP contribution in [-0.2, 0) is 45.1 Å². The highest BCUT2D eigenvalue weighted by Crippen LogP contribution is 2.39. The molecule has 1 nitrogen and oxygen atoms in total. The minimum atomic E-state index is -0.666. The summed E-state index contributed by atoms with van der Waals surface area (Å²) in [5.74, 6) is -1.65. The van der Waals surface area contributed by atoms with Crippen LogP contribution < -0.4 is 4.74 Å². The Morgan fingerprint density at radius 3 is 1.24 bits per heavy atom. The third kappa shape index (κ3) is 6.31. The van der Waals surface area contributed by atoms with Crippen LogP contribution in [0.15, 0.2) is 48.5 Å². The van der Waals surface area contributed by atoms with Gasteiger partial charge in [-0.15, -0.1) is 0 Å². The van der Waals surface area contributed by atoms with Crippen molar-refractivity contribution in [2.75, 3.05) is 0 Å². The number of halogens is 2. The van der Waals surface area contributed by atoms with Crippen LogP contribution in [0.2, 0.25) is 0 Å². The second-order valence-electron chi connectivity index (χ2n) is 11.3. The molecule has 0 saturated carbocycles. The molecule has 0 amide bonds. The zero-order chi connectivity index (χ0) is 30.6. The average Bonchev–Trinajstić information content (AvgIpc) is 2.99. The molecule has 0 N–H and O–H groups in total. The predicted octanol–water partition coefficient (Wildman–Crippen LogP) is 10.9. The zero-order valence-corrected chi connectivity index (χ0v) is 26.7. The van der Waals surface area contributed by atoms with E-state index in [1.165, 1.54) is 73.3 Å². The molecule has 0 radical (unpaired) electrons. The Balaban J connectivity index is 1.81. The number of rotatable bonds is 11. The van der Waals surface area contributed by atoms with Crippen molar-refractivity contribution in [3.05, 3.63) is 110 Å². The van der Waals surface area contributed by atoms with Crippen LogP contribution >= 0.6 is 0 Å². The zero-order valence-electron chi connectivity index (χ0n) is 26.7. The second-order valence-corrected chi connectivity index (χ2v) is 11.3. The Hall–Kier alpha value is -3.46. The third-order valence-electron chi connectivity index (χ3n) is 8.67. The molecule has 0 aliphatic heterocycles. The Morgan fingerprint density at radius 1 is 0.500 bits per heavy atom. The molecular weight excluding hydrogens is 522 g/mol. The molecule has 0 aliphatic carbocycles. The fourth-order valence-electron chi connectivity index (χ4n) is 6.39. The standard InChI is InChI=1S/C39H46F2O/c1-9-27-19-33(20-28(10-2)25(27)8)38-31(13-5)21-34(22-32(38)14-6)37-29(11-3)17-26(18-30(37)12-4)23-42-39-35(40)15-24(7)16-36(39)41/h15-22H,9-14,23H2,1-8H3. The molecule has 0 saturated heterocycles. The molecule has 0 heterocycles. The maximum atomic E-state index is 14.4. The van der Waals surface area contributed by atoms with Gasteiger partial charge in [-0.1, -0.05) is 77.9 Å². The van der Waals surface area contributed by atoms with Gasteiger partial charge in [0.25, 0.3) is 0 Å². The van der Waals surface area contributed by atoms with E-state index in [9.17, 15) is 8.78 Å². The summed E-state index contributed by atoms with van der Waals surface area (Å²) in [5.41, 5.74) is 16.2. The first-order valence-corrected chi connectivity index (χ1v) is 15.7. The summed E-state index contributed by atoms with van der Waals surface area (Å²) < 4.78 is 34.5. The Kier molecular flexibility index (Phi) is 10.2. The smallest absolute Gasteiger partial charge is 0.191 e. The molecule has 4 aromatic carbocycles. The quantitative estimate of drug-likeness (QED) is 0.175. The summed E-state index contributed by atoms with van der Waals surface area (Å²) in [6.07, 6.45) is 5.68. The van der Waals surface area contributed by atoms with Gasteiger partial charge in [-0.25, -0.2) is 8.78 Å². The largest absolute Gasteiger partial charge is 0.483 e. The highest BCUT2D eigenvalue weighted by molar-refractivity contribution is 5.80. The van der Waals surface area contributed by atoms with Crippen molar-refractivity contribution < 1.29 is 13.5 Å². The highest BCUT2D eigenvalue weighted by atomic mass is 19.1. The van der Waals surface area contributed by atoms with Gasteiger partial charge in [-0.2, -0.15) is 0 Å². The number of aryl methyl sites for hydroxylation is 7. The summed E-state index contributed by atoms with van der Waals surface area (Å²) in [6.45, 7) is 17.4. The average molecular weight is 569 g/mol. The van der Waals surface area contributed by atoms with Crippen LogP contribution in [-0.4, -0.2) is 0 Å². The minimum absolute atomic E-state index is 0.115. The molecule has 0 spiro atoms. The molecule has 0 aliphatic rings. The normalized spacial score (nSPS) is 11.3. The number of hydrogen-bond acceptors (Lipinski definition) is 1. The summed E-state index contributed by atoms with van der Waals surface area (Å²) in [5, 5.41) is 0. The van der Waals surface area contributed by atoms with E-state index in [0.717, 1.165) is 44.1 Å². The first-order valence-electron chi connectivity index (χ1n) is 15.7. The number of benzene rings is 4. The van der Waals surface area contributed by atoms with E-state index in [4.69, 9.17) is 4.74 Å². The Labute approximate surface area is 252 Å². The molecule has 4 aromatic rings. The van der Waals surface area contributed by atoms with Crippen molar-refractivity contribution in [2.24, 2.45) is 0 Å². The first kappa shape index (κ1) is 31.5. The van der Waals surface area contributed by atoms with Gasteiger partial charge in [0.2, 0.25) is 0 Å².